The third-order valence-electron chi connectivity index (χ3n) is 4.69. The summed E-state index contributed by atoms with van der Waals surface area (Å²) in [5.74, 6) is -1.18. The maximum Gasteiger partial charge on any atom is 0.255 e. The van der Waals surface area contributed by atoms with Crippen LogP contribution in [-0.2, 0) is 0 Å². The molecule has 0 fully saturated rings. The Labute approximate surface area is 165 Å². The fourth-order valence-electron chi connectivity index (χ4n) is 3.24. The van der Waals surface area contributed by atoms with Gasteiger partial charge in [0, 0.05) is 24.4 Å². The van der Waals surface area contributed by atoms with E-state index in [1.807, 2.05) is 18.2 Å². The standard InChI is InChI=1S/C22H17FN4O2/c1-25-22(29)19-18-12-15(14-3-2-4-16(11-14)21(24)28)9-10-27(18)26-20(19)13-5-7-17(23)8-6-13/h2-12H,1H3,(H2,24,28)(H,25,29). The second-order valence-corrected chi connectivity index (χ2v) is 6.50. The van der Waals surface area contributed by atoms with Crippen molar-refractivity contribution in [3.63, 3.8) is 0 Å². The molecule has 2 aromatic heterocycles. The number of primary amides is 1. The highest BCUT2D eigenvalue weighted by Crippen LogP contribution is 2.29. The molecule has 6 nitrogen and oxygen atoms in total. The molecule has 7 heteroatoms. The van der Waals surface area contributed by atoms with Crippen molar-refractivity contribution >= 4 is 17.3 Å². The highest BCUT2D eigenvalue weighted by atomic mass is 19.1. The number of nitrogens with one attached hydrogen (secondary N) is 1. The summed E-state index contributed by atoms with van der Waals surface area (Å²) in [5.41, 5.74) is 9.42. The Hall–Kier alpha value is -4.00. The van der Waals surface area contributed by atoms with Crippen LogP contribution in [0.1, 0.15) is 20.7 Å². The molecule has 144 valence electrons. The molecule has 0 aliphatic heterocycles. The first-order valence-electron chi connectivity index (χ1n) is 8.88. The number of aromatic nitrogens is 2. The number of benzene rings is 2. The van der Waals surface area contributed by atoms with Crippen LogP contribution in [0.4, 0.5) is 4.39 Å². The van der Waals surface area contributed by atoms with Crippen LogP contribution < -0.4 is 11.1 Å². The number of pyridine rings is 1. The molecule has 0 atom stereocenters. The van der Waals surface area contributed by atoms with Gasteiger partial charge in [-0.15, -0.1) is 0 Å². The molecular formula is C22H17FN4O2. The Morgan fingerprint density at radius 1 is 1.00 bits per heavy atom. The lowest BCUT2D eigenvalue weighted by Gasteiger charge is -2.06. The molecular weight excluding hydrogens is 371 g/mol. The number of hydrogen-bond donors (Lipinski definition) is 2. The van der Waals surface area contributed by atoms with Crippen molar-refractivity contribution in [3.05, 3.63) is 83.8 Å². The molecule has 2 aromatic carbocycles. The van der Waals surface area contributed by atoms with Crippen LogP contribution in [0.5, 0.6) is 0 Å². The Morgan fingerprint density at radius 2 is 1.72 bits per heavy atom. The molecule has 0 saturated heterocycles. The smallest absolute Gasteiger partial charge is 0.255 e. The zero-order chi connectivity index (χ0) is 20.5. The highest BCUT2D eigenvalue weighted by Gasteiger charge is 2.21. The molecule has 2 amide bonds. The maximum atomic E-state index is 13.3. The Bertz CT molecular complexity index is 1250. The highest BCUT2D eigenvalue weighted by molar-refractivity contribution is 6.06. The van der Waals surface area contributed by atoms with Gasteiger partial charge in [0.05, 0.1) is 11.1 Å². The Kier molecular flexibility index (Phi) is 4.56. The van der Waals surface area contributed by atoms with Gasteiger partial charge >= 0.3 is 0 Å². The van der Waals surface area contributed by atoms with Gasteiger partial charge in [-0.25, -0.2) is 8.91 Å². The third kappa shape index (κ3) is 3.34. The first-order valence-corrected chi connectivity index (χ1v) is 8.88. The number of hydrogen-bond acceptors (Lipinski definition) is 3. The summed E-state index contributed by atoms with van der Waals surface area (Å²) in [6, 6.07) is 16.4. The molecule has 0 unspecified atom stereocenters. The molecule has 29 heavy (non-hydrogen) atoms. The van der Waals surface area contributed by atoms with E-state index < -0.39 is 5.91 Å². The van der Waals surface area contributed by atoms with Crippen molar-refractivity contribution in [3.8, 4) is 22.4 Å². The topological polar surface area (TPSA) is 89.5 Å². The zero-order valence-corrected chi connectivity index (χ0v) is 15.5. The van der Waals surface area contributed by atoms with Gasteiger partial charge in [-0.3, -0.25) is 9.59 Å². The summed E-state index contributed by atoms with van der Waals surface area (Å²) < 4.78 is 14.9. The third-order valence-corrected chi connectivity index (χ3v) is 4.69. The van der Waals surface area contributed by atoms with Crippen molar-refractivity contribution in [2.45, 2.75) is 0 Å². The predicted molar refractivity (Wildman–Crippen MR) is 108 cm³/mol. The minimum Gasteiger partial charge on any atom is -0.366 e. The number of carbonyl (C=O) groups excluding carboxylic acids is 2. The maximum absolute atomic E-state index is 13.3. The van der Waals surface area contributed by atoms with E-state index in [4.69, 9.17) is 5.73 Å². The fraction of sp³-hybridized carbons (Fsp3) is 0.0455. The lowest BCUT2D eigenvalue weighted by Crippen LogP contribution is -2.18. The van der Waals surface area contributed by atoms with Gasteiger partial charge in [0.2, 0.25) is 5.91 Å². The molecule has 0 saturated carbocycles. The van der Waals surface area contributed by atoms with Crippen molar-refractivity contribution in [1.29, 1.82) is 0 Å². The first-order chi connectivity index (χ1) is 14.0. The van der Waals surface area contributed by atoms with Gasteiger partial charge in [0.1, 0.15) is 11.5 Å². The molecule has 0 aliphatic rings. The minimum absolute atomic E-state index is 0.303. The molecule has 4 aromatic rings. The van der Waals surface area contributed by atoms with E-state index >= 15 is 0 Å². The van der Waals surface area contributed by atoms with Gasteiger partial charge in [-0.2, -0.15) is 5.10 Å². The van der Waals surface area contributed by atoms with Crippen molar-refractivity contribution < 1.29 is 14.0 Å². The number of nitrogens with zero attached hydrogens (tertiary/aromatic N) is 2. The van der Waals surface area contributed by atoms with Crippen LogP contribution in [0.2, 0.25) is 0 Å². The average molecular weight is 388 g/mol. The SMILES string of the molecule is CNC(=O)c1c(-c2ccc(F)cc2)nn2ccc(-c3cccc(C(N)=O)c3)cc12. The van der Waals surface area contributed by atoms with Crippen LogP contribution in [0.3, 0.4) is 0 Å². The molecule has 2 heterocycles. The summed E-state index contributed by atoms with van der Waals surface area (Å²) in [5, 5.41) is 7.16. The Balaban J connectivity index is 1.92. The van der Waals surface area contributed by atoms with E-state index in [1.165, 1.54) is 12.1 Å². The van der Waals surface area contributed by atoms with Gasteiger partial charge in [-0.1, -0.05) is 12.1 Å². The summed E-state index contributed by atoms with van der Waals surface area (Å²) in [7, 11) is 1.54. The van der Waals surface area contributed by atoms with Crippen molar-refractivity contribution in [2.75, 3.05) is 7.05 Å². The van der Waals surface area contributed by atoms with Gasteiger partial charge < -0.3 is 11.1 Å². The largest absolute Gasteiger partial charge is 0.366 e. The summed E-state index contributed by atoms with van der Waals surface area (Å²) in [6.45, 7) is 0. The lowest BCUT2D eigenvalue weighted by atomic mass is 10.0. The molecule has 0 radical (unpaired) electrons. The van der Waals surface area contributed by atoms with Gasteiger partial charge in [0.25, 0.3) is 5.91 Å². The Morgan fingerprint density at radius 3 is 2.41 bits per heavy atom. The number of rotatable bonds is 4. The van der Waals surface area contributed by atoms with Gasteiger partial charge in [0.15, 0.2) is 0 Å². The second-order valence-electron chi connectivity index (χ2n) is 6.50. The quantitative estimate of drug-likeness (QED) is 0.562. The normalized spacial score (nSPS) is 10.8. The predicted octanol–water partition coefficient (Wildman–Crippen LogP) is 3.27. The molecule has 0 spiro atoms. The van der Waals surface area contributed by atoms with Crippen LogP contribution >= 0.6 is 0 Å². The molecule has 3 N–H and O–H groups in total. The fourth-order valence-corrected chi connectivity index (χ4v) is 3.24. The molecule has 4 rings (SSSR count). The summed E-state index contributed by atoms with van der Waals surface area (Å²) in [4.78, 5) is 24.1. The van der Waals surface area contributed by atoms with E-state index in [1.54, 1.807) is 48.1 Å². The molecule has 0 bridgehead atoms. The van der Waals surface area contributed by atoms with Crippen LogP contribution in [0, 0.1) is 5.82 Å². The van der Waals surface area contributed by atoms with Crippen molar-refractivity contribution in [2.24, 2.45) is 5.73 Å². The minimum atomic E-state index is -0.512. The number of amides is 2. The van der Waals surface area contributed by atoms with E-state index in [0.29, 0.717) is 27.9 Å². The number of fused-ring (bicyclic) bond motifs is 1. The summed E-state index contributed by atoms with van der Waals surface area (Å²) >= 11 is 0. The van der Waals surface area contributed by atoms with Crippen molar-refractivity contribution in [1.82, 2.24) is 14.9 Å². The van der Waals surface area contributed by atoms with E-state index in [-0.39, 0.29) is 11.7 Å². The first kappa shape index (κ1) is 18.4. The average Bonchev–Trinajstić information content (AvgIpc) is 3.12. The van der Waals surface area contributed by atoms with Gasteiger partial charge in [-0.05, 0) is 59.7 Å². The number of nitrogens with two attached hydrogens (primary N) is 1. The van der Waals surface area contributed by atoms with Crippen LogP contribution in [-0.4, -0.2) is 28.5 Å². The number of halogens is 1. The monoisotopic (exact) mass is 388 g/mol. The second kappa shape index (κ2) is 7.20. The zero-order valence-electron chi connectivity index (χ0n) is 15.5. The van der Waals surface area contributed by atoms with Crippen LogP contribution in [0.15, 0.2) is 66.9 Å². The summed E-state index contributed by atoms with van der Waals surface area (Å²) in [6.07, 6.45) is 1.74. The molecule has 0 aliphatic carbocycles. The van der Waals surface area contributed by atoms with E-state index in [2.05, 4.69) is 10.4 Å². The van der Waals surface area contributed by atoms with E-state index in [9.17, 15) is 14.0 Å². The number of carbonyl (C=O) groups is 2. The van der Waals surface area contributed by atoms with E-state index in [0.717, 1.165) is 11.1 Å². The van der Waals surface area contributed by atoms with Crippen LogP contribution in [0.25, 0.3) is 27.9 Å². The lowest BCUT2D eigenvalue weighted by molar-refractivity contribution is 0.0963.